The highest BCUT2D eigenvalue weighted by Crippen LogP contribution is 2.33. The molecule has 1 aliphatic carbocycles. The number of anilines is 1. The summed E-state index contributed by atoms with van der Waals surface area (Å²) in [5.41, 5.74) is -0.501. The minimum Gasteiger partial charge on any atom is -0.374 e. The molecule has 0 heterocycles. The Morgan fingerprint density at radius 2 is 1.91 bits per heavy atom. The molecule has 1 unspecified atom stereocenters. The third-order valence-electron chi connectivity index (χ3n) is 3.47. The number of urea groups is 1. The van der Waals surface area contributed by atoms with Gasteiger partial charge in [0.05, 0.1) is 5.56 Å². The summed E-state index contributed by atoms with van der Waals surface area (Å²) in [6.07, 6.45) is -2.69. The highest BCUT2D eigenvalue weighted by atomic mass is 19.4. The van der Waals surface area contributed by atoms with E-state index in [2.05, 4.69) is 16.0 Å². The molecule has 0 aliphatic heterocycles. The molecule has 3 amide bonds. The first kappa shape index (κ1) is 17.1. The molecule has 1 fully saturated rings. The monoisotopic (exact) mass is 329 g/mol. The van der Waals surface area contributed by atoms with E-state index in [4.69, 9.17) is 0 Å². The first-order valence-electron chi connectivity index (χ1n) is 7.22. The third-order valence-corrected chi connectivity index (χ3v) is 3.47. The Labute approximate surface area is 131 Å². The topological polar surface area (TPSA) is 70.2 Å². The molecular formula is C15H18F3N3O2. The molecule has 0 bridgehead atoms. The number of nitrogens with one attached hydrogen (secondary N) is 3. The van der Waals surface area contributed by atoms with Crippen LogP contribution in [0.15, 0.2) is 18.2 Å². The van der Waals surface area contributed by atoms with Crippen molar-refractivity contribution in [3.63, 3.8) is 0 Å². The van der Waals surface area contributed by atoms with Gasteiger partial charge in [-0.2, -0.15) is 13.2 Å². The van der Waals surface area contributed by atoms with E-state index >= 15 is 0 Å². The molecule has 0 spiro atoms. The first-order valence-corrected chi connectivity index (χ1v) is 7.22. The Bertz CT molecular complexity index is 612. The molecule has 0 radical (unpaired) electrons. The summed E-state index contributed by atoms with van der Waals surface area (Å²) in [7, 11) is 0. The van der Waals surface area contributed by atoms with E-state index in [9.17, 15) is 22.8 Å². The fraction of sp³-hybridized carbons (Fsp3) is 0.467. The number of hydrogen-bond acceptors (Lipinski definition) is 3. The molecule has 1 saturated carbocycles. The maximum Gasteiger partial charge on any atom is 0.416 e. The van der Waals surface area contributed by atoms with Crippen molar-refractivity contribution in [1.82, 2.24) is 10.6 Å². The van der Waals surface area contributed by atoms with Gasteiger partial charge in [-0.15, -0.1) is 0 Å². The van der Waals surface area contributed by atoms with Crippen LogP contribution in [-0.2, 0) is 11.0 Å². The van der Waals surface area contributed by atoms with Crippen LogP contribution in [0.3, 0.4) is 0 Å². The van der Waals surface area contributed by atoms with Gasteiger partial charge in [0.25, 0.3) is 0 Å². The van der Waals surface area contributed by atoms with Crippen molar-refractivity contribution in [3.05, 3.63) is 29.3 Å². The molecule has 1 atom stereocenters. The zero-order chi connectivity index (χ0) is 17.2. The van der Waals surface area contributed by atoms with Gasteiger partial charge in [-0.05, 0) is 44.4 Å². The average Bonchev–Trinajstić information content (AvgIpc) is 3.23. The van der Waals surface area contributed by atoms with E-state index in [1.54, 1.807) is 0 Å². The smallest absolute Gasteiger partial charge is 0.374 e. The minimum atomic E-state index is -4.46. The van der Waals surface area contributed by atoms with Gasteiger partial charge in [-0.3, -0.25) is 10.1 Å². The third kappa shape index (κ3) is 4.87. The van der Waals surface area contributed by atoms with Gasteiger partial charge in [-0.25, -0.2) is 4.79 Å². The summed E-state index contributed by atoms with van der Waals surface area (Å²) in [4.78, 5) is 23.3. The molecule has 1 aliphatic rings. The Kier molecular flexibility index (Phi) is 4.82. The fourth-order valence-electron chi connectivity index (χ4n) is 2.00. The Morgan fingerprint density at radius 1 is 1.26 bits per heavy atom. The summed E-state index contributed by atoms with van der Waals surface area (Å²) in [5.74, 6) is -0.614. The van der Waals surface area contributed by atoms with Gasteiger partial charge in [0.2, 0.25) is 5.91 Å². The van der Waals surface area contributed by atoms with E-state index in [0.29, 0.717) is 0 Å². The number of halogens is 3. The number of rotatable bonds is 4. The number of imide groups is 1. The normalized spacial score (nSPS) is 15.7. The zero-order valence-electron chi connectivity index (χ0n) is 12.8. The van der Waals surface area contributed by atoms with Crippen LogP contribution in [0.4, 0.5) is 23.7 Å². The number of alkyl halides is 3. The number of amides is 3. The standard InChI is InChI=1S/C15H18F3N3O2/c1-8-3-4-11(7-12(8)15(16,17)18)19-9(2)13(22)21-14(23)20-10-5-6-10/h3-4,7,9-10,19H,5-6H2,1-2H3,(H2,20,21,22,23). The van der Waals surface area contributed by atoms with E-state index in [-0.39, 0.29) is 17.3 Å². The second-order valence-corrected chi connectivity index (χ2v) is 5.63. The van der Waals surface area contributed by atoms with Gasteiger partial charge in [0, 0.05) is 11.7 Å². The second kappa shape index (κ2) is 6.47. The highest BCUT2D eigenvalue weighted by Gasteiger charge is 2.32. The van der Waals surface area contributed by atoms with Crippen molar-refractivity contribution < 1.29 is 22.8 Å². The lowest BCUT2D eigenvalue weighted by molar-refractivity contribution is -0.138. The zero-order valence-corrected chi connectivity index (χ0v) is 12.8. The average molecular weight is 329 g/mol. The van der Waals surface area contributed by atoms with E-state index < -0.39 is 29.7 Å². The minimum absolute atomic E-state index is 0.101. The van der Waals surface area contributed by atoms with Crippen LogP contribution in [0.2, 0.25) is 0 Å². The largest absolute Gasteiger partial charge is 0.416 e. The molecule has 1 aromatic rings. The Balaban J connectivity index is 1.97. The van der Waals surface area contributed by atoms with Gasteiger partial charge >= 0.3 is 12.2 Å². The van der Waals surface area contributed by atoms with Crippen molar-refractivity contribution >= 4 is 17.6 Å². The molecule has 23 heavy (non-hydrogen) atoms. The Hall–Kier alpha value is -2.25. The predicted molar refractivity (Wildman–Crippen MR) is 79.0 cm³/mol. The molecule has 8 heteroatoms. The summed E-state index contributed by atoms with van der Waals surface area (Å²) >= 11 is 0. The predicted octanol–water partition coefficient (Wildman–Crippen LogP) is 2.80. The molecule has 1 aromatic carbocycles. The summed E-state index contributed by atoms with van der Waals surface area (Å²) in [6, 6.07) is 2.39. The van der Waals surface area contributed by atoms with Crippen LogP contribution < -0.4 is 16.0 Å². The maximum atomic E-state index is 12.9. The number of aryl methyl sites for hydroxylation is 1. The van der Waals surface area contributed by atoms with Crippen LogP contribution in [-0.4, -0.2) is 24.0 Å². The molecule has 126 valence electrons. The molecule has 2 rings (SSSR count). The lowest BCUT2D eigenvalue weighted by Crippen LogP contribution is -2.46. The van der Waals surface area contributed by atoms with Crippen LogP contribution in [0.5, 0.6) is 0 Å². The molecule has 0 aromatic heterocycles. The lowest BCUT2D eigenvalue weighted by Gasteiger charge is -2.17. The quantitative estimate of drug-likeness (QED) is 0.795. The van der Waals surface area contributed by atoms with Crippen molar-refractivity contribution in [1.29, 1.82) is 0 Å². The van der Waals surface area contributed by atoms with E-state index in [0.717, 1.165) is 18.9 Å². The molecular weight excluding hydrogens is 311 g/mol. The SMILES string of the molecule is Cc1ccc(NC(C)C(=O)NC(=O)NC2CC2)cc1C(F)(F)F. The summed E-state index contributed by atoms with van der Waals surface area (Å²) < 4.78 is 38.6. The van der Waals surface area contributed by atoms with Crippen molar-refractivity contribution in [2.45, 2.75) is 44.9 Å². The van der Waals surface area contributed by atoms with Gasteiger partial charge in [0.15, 0.2) is 0 Å². The van der Waals surface area contributed by atoms with Crippen LogP contribution in [0.25, 0.3) is 0 Å². The van der Waals surface area contributed by atoms with E-state index in [1.165, 1.54) is 26.0 Å². The molecule has 5 nitrogen and oxygen atoms in total. The van der Waals surface area contributed by atoms with Crippen molar-refractivity contribution in [3.8, 4) is 0 Å². The summed E-state index contributed by atoms with van der Waals surface area (Å²) in [6.45, 7) is 2.83. The van der Waals surface area contributed by atoms with Gasteiger partial charge in [0.1, 0.15) is 6.04 Å². The van der Waals surface area contributed by atoms with Crippen LogP contribution in [0.1, 0.15) is 30.9 Å². The van der Waals surface area contributed by atoms with Crippen LogP contribution >= 0.6 is 0 Å². The number of benzene rings is 1. The molecule has 0 saturated heterocycles. The first-order chi connectivity index (χ1) is 10.7. The van der Waals surface area contributed by atoms with Gasteiger partial charge < -0.3 is 10.6 Å². The van der Waals surface area contributed by atoms with Gasteiger partial charge in [-0.1, -0.05) is 6.07 Å². The maximum absolute atomic E-state index is 12.9. The number of carbonyl (C=O) groups is 2. The van der Waals surface area contributed by atoms with Crippen molar-refractivity contribution in [2.75, 3.05) is 5.32 Å². The highest BCUT2D eigenvalue weighted by molar-refractivity contribution is 5.98. The van der Waals surface area contributed by atoms with Crippen LogP contribution in [0, 0.1) is 6.92 Å². The lowest BCUT2D eigenvalue weighted by atomic mass is 10.1. The second-order valence-electron chi connectivity index (χ2n) is 5.63. The van der Waals surface area contributed by atoms with E-state index in [1.807, 2.05) is 0 Å². The number of carbonyl (C=O) groups excluding carboxylic acids is 2. The fourth-order valence-corrected chi connectivity index (χ4v) is 2.00. The van der Waals surface area contributed by atoms with Crippen molar-refractivity contribution in [2.24, 2.45) is 0 Å². The summed E-state index contributed by atoms with van der Waals surface area (Å²) in [5, 5.41) is 7.41. The Morgan fingerprint density at radius 3 is 2.48 bits per heavy atom. The number of hydrogen-bond donors (Lipinski definition) is 3. The molecule has 3 N–H and O–H groups in total.